The van der Waals surface area contributed by atoms with E-state index in [0.717, 1.165) is 12.8 Å². The van der Waals surface area contributed by atoms with Gasteiger partial charge in [0.2, 0.25) is 0 Å². The second-order valence-corrected chi connectivity index (χ2v) is 3.84. The Morgan fingerprint density at radius 3 is 2.40 bits per heavy atom. The molecule has 0 bridgehead atoms. The monoisotopic (exact) mass is 215 g/mol. The van der Waals surface area contributed by atoms with Gasteiger partial charge in [-0.2, -0.15) is 0 Å². The lowest BCUT2D eigenvalue weighted by atomic mass is 9.83. The zero-order valence-corrected chi connectivity index (χ0v) is 8.95. The van der Waals surface area contributed by atoms with Crippen LogP contribution in [-0.4, -0.2) is 25.8 Å². The van der Waals surface area contributed by atoms with Gasteiger partial charge in [-0.3, -0.25) is 15.3 Å². The van der Waals surface area contributed by atoms with Crippen molar-refractivity contribution in [1.29, 1.82) is 0 Å². The standard InChI is InChI=1S/C10H17NO4/c1-14-8(12)6-10(4-2-3-5-10)9(13)15-7-11/h2-7,11H2,1H3. The molecule has 0 unspecified atom stereocenters. The van der Waals surface area contributed by atoms with E-state index >= 15 is 0 Å². The highest BCUT2D eigenvalue weighted by Crippen LogP contribution is 2.42. The molecule has 1 aliphatic carbocycles. The van der Waals surface area contributed by atoms with Crippen molar-refractivity contribution in [2.24, 2.45) is 11.1 Å². The van der Waals surface area contributed by atoms with Gasteiger partial charge in [0.05, 0.1) is 18.9 Å². The SMILES string of the molecule is COC(=O)CC1(C(=O)OCN)CCCC1. The summed E-state index contributed by atoms with van der Waals surface area (Å²) in [4.78, 5) is 22.9. The predicted molar refractivity (Wildman–Crippen MR) is 52.7 cm³/mol. The van der Waals surface area contributed by atoms with Crippen molar-refractivity contribution in [3.05, 3.63) is 0 Å². The summed E-state index contributed by atoms with van der Waals surface area (Å²) in [6, 6.07) is 0. The number of rotatable bonds is 4. The number of carbonyl (C=O) groups excluding carboxylic acids is 2. The molecular formula is C10H17NO4. The third-order valence-corrected chi connectivity index (χ3v) is 2.92. The lowest BCUT2D eigenvalue weighted by Gasteiger charge is -2.24. The van der Waals surface area contributed by atoms with Crippen LogP contribution in [0.3, 0.4) is 0 Å². The van der Waals surface area contributed by atoms with Gasteiger partial charge < -0.3 is 9.47 Å². The van der Waals surface area contributed by atoms with Gasteiger partial charge in [0.15, 0.2) is 0 Å². The minimum atomic E-state index is -0.688. The average Bonchev–Trinajstić information content (AvgIpc) is 2.68. The van der Waals surface area contributed by atoms with E-state index in [2.05, 4.69) is 4.74 Å². The number of ether oxygens (including phenoxy) is 2. The predicted octanol–water partition coefficient (Wildman–Crippen LogP) is 0.569. The molecule has 1 fully saturated rings. The van der Waals surface area contributed by atoms with Gasteiger partial charge in [-0.1, -0.05) is 12.8 Å². The Morgan fingerprint density at radius 2 is 1.93 bits per heavy atom. The molecule has 0 saturated heterocycles. The molecule has 1 aliphatic rings. The third kappa shape index (κ3) is 2.68. The highest BCUT2D eigenvalue weighted by molar-refractivity contribution is 5.83. The van der Waals surface area contributed by atoms with Gasteiger partial charge in [0, 0.05) is 0 Å². The molecule has 1 rings (SSSR count). The van der Waals surface area contributed by atoms with Crippen LogP contribution in [0.1, 0.15) is 32.1 Å². The van der Waals surface area contributed by atoms with Crippen LogP contribution < -0.4 is 5.73 Å². The first-order valence-corrected chi connectivity index (χ1v) is 5.09. The van der Waals surface area contributed by atoms with Crippen molar-refractivity contribution in [3.8, 4) is 0 Å². The second-order valence-electron chi connectivity index (χ2n) is 3.84. The summed E-state index contributed by atoms with van der Waals surface area (Å²) in [6.45, 7) is -0.137. The molecule has 15 heavy (non-hydrogen) atoms. The maximum atomic E-state index is 11.7. The molecule has 0 atom stereocenters. The molecule has 5 nitrogen and oxygen atoms in total. The summed E-state index contributed by atoms with van der Waals surface area (Å²) < 4.78 is 9.39. The van der Waals surface area contributed by atoms with E-state index in [1.54, 1.807) is 0 Å². The van der Waals surface area contributed by atoms with E-state index in [1.165, 1.54) is 7.11 Å². The number of esters is 2. The largest absolute Gasteiger partial charge is 0.469 e. The zero-order valence-electron chi connectivity index (χ0n) is 8.95. The average molecular weight is 215 g/mol. The van der Waals surface area contributed by atoms with Crippen molar-refractivity contribution in [3.63, 3.8) is 0 Å². The Kier molecular flexibility index (Phi) is 4.08. The molecule has 1 saturated carbocycles. The van der Waals surface area contributed by atoms with Crippen LogP contribution in [0.2, 0.25) is 0 Å². The van der Waals surface area contributed by atoms with Gasteiger partial charge >= 0.3 is 11.9 Å². The smallest absolute Gasteiger partial charge is 0.313 e. The van der Waals surface area contributed by atoms with Crippen LogP contribution in [0.15, 0.2) is 0 Å². The first-order chi connectivity index (χ1) is 7.14. The highest BCUT2D eigenvalue weighted by atomic mass is 16.5. The minimum absolute atomic E-state index is 0.0995. The van der Waals surface area contributed by atoms with E-state index in [0.29, 0.717) is 12.8 Å². The molecule has 0 aromatic carbocycles. The summed E-state index contributed by atoms with van der Waals surface area (Å²) in [6.07, 6.45) is 3.34. The van der Waals surface area contributed by atoms with Crippen LogP contribution in [0.4, 0.5) is 0 Å². The Labute approximate surface area is 88.9 Å². The lowest BCUT2D eigenvalue weighted by Crippen LogP contribution is -2.34. The molecular weight excluding hydrogens is 198 g/mol. The van der Waals surface area contributed by atoms with Gasteiger partial charge in [-0.25, -0.2) is 0 Å². The Hall–Kier alpha value is -1.10. The van der Waals surface area contributed by atoms with Crippen molar-refractivity contribution in [2.45, 2.75) is 32.1 Å². The summed E-state index contributed by atoms with van der Waals surface area (Å²) in [5.41, 5.74) is 4.47. The number of nitrogens with two attached hydrogens (primary N) is 1. The second kappa shape index (κ2) is 5.11. The number of hydrogen-bond acceptors (Lipinski definition) is 5. The zero-order chi connectivity index (χ0) is 11.3. The third-order valence-electron chi connectivity index (χ3n) is 2.92. The molecule has 0 aromatic heterocycles. The van der Waals surface area contributed by atoms with Crippen LogP contribution in [0.5, 0.6) is 0 Å². The van der Waals surface area contributed by atoms with Crippen molar-refractivity contribution in [1.82, 2.24) is 0 Å². The fourth-order valence-electron chi connectivity index (χ4n) is 2.08. The number of carbonyl (C=O) groups is 2. The fourth-order valence-corrected chi connectivity index (χ4v) is 2.08. The van der Waals surface area contributed by atoms with Crippen molar-refractivity contribution >= 4 is 11.9 Å². The first-order valence-electron chi connectivity index (χ1n) is 5.09. The molecule has 86 valence electrons. The van der Waals surface area contributed by atoms with Crippen molar-refractivity contribution < 1.29 is 19.1 Å². The first kappa shape index (κ1) is 12.0. The summed E-state index contributed by atoms with van der Waals surface area (Å²) in [5, 5.41) is 0. The van der Waals surface area contributed by atoms with Gasteiger partial charge in [-0.05, 0) is 12.8 Å². The Morgan fingerprint density at radius 1 is 1.33 bits per heavy atom. The van der Waals surface area contributed by atoms with Crippen molar-refractivity contribution in [2.75, 3.05) is 13.8 Å². The Balaban J connectivity index is 2.69. The molecule has 2 N–H and O–H groups in total. The van der Waals surface area contributed by atoms with Crippen LogP contribution in [0, 0.1) is 5.41 Å². The van der Waals surface area contributed by atoms with Gasteiger partial charge in [0.25, 0.3) is 0 Å². The van der Waals surface area contributed by atoms with E-state index in [4.69, 9.17) is 10.5 Å². The summed E-state index contributed by atoms with van der Waals surface area (Å²) in [7, 11) is 1.32. The van der Waals surface area contributed by atoms with Gasteiger partial charge in [0.1, 0.15) is 6.73 Å². The van der Waals surface area contributed by atoms with Gasteiger partial charge in [-0.15, -0.1) is 0 Å². The molecule has 0 aliphatic heterocycles. The Bertz CT molecular complexity index is 246. The summed E-state index contributed by atoms with van der Waals surface area (Å²) >= 11 is 0. The van der Waals surface area contributed by atoms with E-state index in [1.807, 2.05) is 0 Å². The lowest BCUT2D eigenvalue weighted by molar-refractivity contribution is -0.161. The molecule has 0 spiro atoms. The molecule has 5 heteroatoms. The van der Waals surface area contributed by atoms with Crippen LogP contribution in [0.25, 0.3) is 0 Å². The molecule has 0 heterocycles. The quantitative estimate of drug-likeness (QED) is 0.548. The highest BCUT2D eigenvalue weighted by Gasteiger charge is 2.44. The molecule has 0 radical (unpaired) electrons. The molecule has 0 aromatic rings. The maximum absolute atomic E-state index is 11.7. The van der Waals surface area contributed by atoms with E-state index in [-0.39, 0.29) is 25.1 Å². The van der Waals surface area contributed by atoms with E-state index in [9.17, 15) is 9.59 Å². The number of methoxy groups -OCH3 is 1. The van der Waals surface area contributed by atoms with Crippen LogP contribution >= 0.6 is 0 Å². The minimum Gasteiger partial charge on any atom is -0.469 e. The normalized spacial score (nSPS) is 18.5. The topological polar surface area (TPSA) is 78.6 Å². The molecule has 0 amide bonds. The van der Waals surface area contributed by atoms with E-state index < -0.39 is 5.41 Å². The summed E-state index contributed by atoms with van der Waals surface area (Å²) in [5.74, 6) is -0.737. The van der Waals surface area contributed by atoms with Crippen LogP contribution in [-0.2, 0) is 19.1 Å². The maximum Gasteiger partial charge on any atom is 0.313 e. The fraction of sp³-hybridized carbons (Fsp3) is 0.800. The number of hydrogen-bond donors (Lipinski definition) is 1.